The summed E-state index contributed by atoms with van der Waals surface area (Å²) in [4.78, 5) is 0. The van der Waals surface area contributed by atoms with E-state index in [0.29, 0.717) is 0 Å². The van der Waals surface area contributed by atoms with Gasteiger partial charge < -0.3 is 10.1 Å². The lowest BCUT2D eigenvalue weighted by molar-refractivity contribution is 0.315. The van der Waals surface area contributed by atoms with Crippen LogP contribution in [0.15, 0.2) is 46.9 Å². The van der Waals surface area contributed by atoms with E-state index in [1.165, 1.54) is 11.1 Å². The predicted molar refractivity (Wildman–Crippen MR) is 92.3 cm³/mol. The van der Waals surface area contributed by atoms with Gasteiger partial charge >= 0.3 is 0 Å². The van der Waals surface area contributed by atoms with Gasteiger partial charge in [-0.25, -0.2) is 0 Å². The summed E-state index contributed by atoms with van der Waals surface area (Å²) in [5.41, 5.74) is 2.35. The third kappa shape index (κ3) is 4.22. The van der Waals surface area contributed by atoms with Crippen molar-refractivity contribution >= 4 is 27.5 Å². The molecule has 0 amide bonds. The van der Waals surface area contributed by atoms with Gasteiger partial charge in [0.15, 0.2) is 0 Å². The quantitative estimate of drug-likeness (QED) is 0.756. The third-order valence-corrected chi connectivity index (χ3v) is 4.11. The first kappa shape index (κ1) is 16.3. The fourth-order valence-electron chi connectivity index (χ4n) is 2.21. The summed E-state index contributed by atoms with van der Waals surface area (Å²) in [7, 11) is 1.95. The molecular formula is C17H19BrClNO. The van der Waals surface area contributed by atoms with Crippen LogP contribution in [0.4, 0.5) is 0 Å². The Morgan fingerprint density at radius 1 is 1.14 bits per heavy atom. The van der Waals surface area contributed by atoms with Crippen molar-refractivity contribution in [3.63, 3.8) is 0 Å². The molecule has 0 aliphatic heterocycles. The lowest BCUT2D eigenvalue weighted by Crippen LogP contribution is -2.17. The van der Waals surface area contributed by atoms with Gasteiger partial charge in [0.2, 0.25) is 0 Å². The highest BCUT2D eigenvalue weighted by atomic mass is 79.9. The van der Waals surface area contributed by atoms with E-state index in [4.69, 9.17) is 16.3 Å². The van der Waals surface area contributed by atoms with Gasteiger partial charge in [-0.1, -0.05) is 36.7 Å². The van der Waals surface area contributed by atoms with Crippen LogP contribution in [0.2, 0.25) is 5.02 Å². The monoisotopic (exact) mass is 367 g/mol. The van der Waals surface area contributed by atoms with Crippen molar-refractivity contribution in [1.29, 1.82) is 0 Å². The topological polar surface area (TPSA) is 21.3 Å². The first-order valence-electron chi connectivity index (χ1n) is 7.00. The first-order valence-corrected chi connectivity index (χ1v) is 8.17. The van der Waals surface area contributed by atoms with Crippen LogP contribution in [0, 0.1) is 0 Å². The van der Waals surface area contributed by atoms with Crippen molar-refractivity contribution in [2.45, 2.75) is 19.4 Å². The molecule has 1 atom stereocenters. The number of rotatable bonds is 6. The molecule has 1 unspecified atom stereocenters. The molecule has 112 valence electrons. The van der Waals surface area contributed by atoms with Crippen molar-refractivity contribution in [3.8, 4) is 5.75 Å². The Kier molecular flexibility index (Phi) is 6.09. The Morgan fingerprint density at radius 3 is 2.38 bits per heavy atom. The maximum absolute atomic E-state index is 5.96. The van der Waals surface area contributed by atoms with Crippen molar-refractivity contribution in [2.75, 3.05) is 13.7 Å². The number of halogens is 2. The molecule has 0 radical (unpaired) electrons. The number of hydrogen-bond donors (Lipinski definition) is 1. The first-order chi connectivity index (χ1) is 10.2. The fraction of sp³-hybridized carbons (Fsp3) is 0.294. The maximum atomic E-state index is 5.96. The van der Waals surface area contributed by atoms with Crippen LogP contribution in [0.3, 0.4) is 0 Å². The van der Waals surface area contributed by atoms with Crippen molar-refractivity contribution in [3.05, 3.63) is 63.1 Å². The van der Waals surface area contributed by atoms with Gasteiger partial charge in [-0.2, -0.15) is 0 Å². The summed E-state index contributed by atoms with van der Waals surface area (Å²) >= 11 is 9.54. The smallest absolute Gasteiger partial charge is 0.133 e. The van der Waals surface area contributed by atoms with E-state index in [9.17, 15) is 0 Å². The zero-order valence-electron chi connectivity index (χ0n) is 12.2. The van der Waals surface area contributed by atoms with Gasteiger partial charge in [-0.05, 0) is 64.8 Å². The number of ether oxygens (including phenoxy) is 1. The summed E-state index contributed by atoms with van der Waals surface area (Å²) in [6.45, 7) is 2.82. The molecule has 0 saturated carbocycles. The molecule has 0 aliphatic carbocycles. The molecule has 21 heavy (non-hydrogen) atoms. The van der Waals surface area contributed by atoms with E-state index >= 15 is 0 Å². The second kappa shape index (κ2) is 7.83. The van der Waals surface area contributed by atoms with Crippen LogP contribution >= 0.6 is 27.5 Å². The number of hydrogen-bond acceptors (Lipinski definition) is 2. The molecule has 0 spiro atoms. The Balaban J connectivity index is 2.26. The summed E-state index contributed by atoms with van der Waals surface area (Å²) in [5.74, 6) is 0.881. The lowest BCUT2D eigenvalue weighted by Gasteiger charge is -2.18. The molecule has 2 aromatic carbocycles. The van der Waals surface area contributed by atoms with Crippen LogP contribution < -0.4 is 10.1 Å². The SMILES string of the molecule is CCCOc1ccc(C(NC)c2ccc(Cl)cc2)cc1Br. The molecule has 0 saturated heterocycles. The summed E-state index contributed by atoms with van der Waals surface area (Å²) in [6, 6.07) is 14.2. The summed E-state index contributed by atoms with van der Waals surface area (Å²) < 4.78 is 6.67. The minimum atomic E-state index is 0.124. The normalized spacial score (nSPS) is 12.2. The van der Waals surface area contributed by atoms with E-state index in [0.717, 1.165) is 28.3 Å². The van der Waals surface area contributed by atoms with E-state index in [2.05, 4.69) is 40.3 Å². The Bertz CT molecular complexity index is 586. The van der Waals surface area contributed by atoms with E-state index < -0.39 is 0 Å². The van der Waals surface area contributed by atoms with Crippen LogP contribution in [-0.2, 0) is 0 Å². The Labute approximate surface area is 139 Å². The molecule has 2 nitrogen and oxygen atoms in total. The minimum Gasteiger partial charge on any atom is -0.492 e. The second-order valence-corrected chi connectivity index (χ2v) is 6.10. The van der Waals surface area contributed by atoms with Gasteiger partial charge in [-0.3, -0.25) is 0 Å². The molecule has 1 N–H and O–H groups in total. The average Bonchev–Trinajstić information content (AvgIpc) is 2.49. The Hall–Kier alpha value is -1.03. The number of nitrogens with one attached hydrogen (secondary N) is 1. The van der Waals surface area contributed by atoms with E-state index in [1.54, 1.807) is 0 Å². The van der Waals surface area contributed by atoms with Crippen LogP contribution in [0.5, 0.6) is 5.75 Å². The second-order valence-electron chi connectivity index (χ2n) is 4.81. The Morgan fingerprint density at radius 2 is 1.81 bits per heavy atom. The van der Waals surface area contributed by atoms with Gasteiger partial charge in [-0.15, -0.1) is 0 Å². The molecule has 0 bridgehead atoms. The zero-order chi connectivity index (χ0) is 15.2. The minimum absolute atomic E-state index is 0.124. The van der Waals surface area contributed by atoms with E-state index in [-0.39, 0.29) is 6.04 Å². The molecule has 2 aromatic rings. The summed E-state index contributed by atoms with van der Waals surface area (Å²) in [5, 5.41) is 4.09. The molecule has 0 fully saturated rings. The molecule has 4 heteroatoms. The van der Waals surface area contributed by atoms with Crippen molar-refractivity contribution in [1.82, 2.24) is 5.32 Å². The fourth-order valence-corrected chi connectivity index (χ4v) is 2.84. The van der Waals surface area contributed by atoms with Crippen LogP contribution in [0.1, 0.15) is 30.5 Å². The van der Waals surface area contributed by atoms with Crippen molar-refractivity contribution < 1.29 is 4.74 Å². The highest BCUT2D eigenvalue weighted by molar-refractivity contribution is 9.10. The molecule has 0 heterocycles. The molecule has 0 aliphatic rings. The zero-order valence-corrected chi connectivity index (χ0v) is 14.5. The van der Waals surface area contributed by atoms with Gasteiger partial charge in [0.1, 0.15) is 5.75 Å². The summed E-state index contributed by atoms with van der Waals surface area (Å²) in [6.07, 6.45) is 0.998. The largest absolute Gasteiger partial charge is 0.492 e. The molecular weight excluding hydrogens is 350 g/mol. The average molecular weight is 369 g/mol. The predicted octanol–water partition coefficient (Wildman–Crippen LogP) is 5.20. The molecule has 2 rings (SSSR count). The highest BCUT2D eigenvalue weighted by Gasteiger charge is 2.13. The van der Waals surface area contributed by atoms with Crippen molar-refractivity contribution in [2.24, 2.45) is 0 Å². The standard InChI is InChI=1S/C17H19BrClNO/c1-3-10-21-16-9-6-13(11-15(16)18)17(20-2)12-4-7-14(19)8-5-12/h4-9,11,17,20H,3,10H2,1-2H3. The van der Waals surface area contributed by atoms with Gasteiger partial charge in [0.05, 0.1) is 17.1 Å². The highest BCUT2D eigenvalue weighted by Crippen LogP contribution is 2.31. The van der Waals surface area contributed by atoms with Gasteiger partial charge in [0, 0.05) is 5.02 Å². The molecule has 0 aromatic heterocycles. The third-order valence-electron chi connectivity index (χ3n) is 3.24. The van der Waals surface area contributed by atoms with Gasteiger partial charge in [0.25, 0.3) is 0 Å². The van der Waals surface area contributed by atoms with Crippen LogP contribution in [-0.4, -0.2) is 13.7 Å². The maximum Gasteiger partial charge on any atom is 0.133 e. The lowest BCUT2D eigenvalue weighted by atomic mass is 9.99. The van der Waals surface area contributed by atoms with Crippen LogP contribution in [0.25, 0.3) is 0 Å². The number of benzene rings is 2. The van der Waals surface area contributed by atoms with E-state index in [1.807, 2.05) is 37.4 Å².